The zero-order valence-electron chi connectivity index (χ0n) is 10.9. The van der Waals surface area contributed by atoms with Gasteiger partial charge in [-0.15, -0.1) is 0 Å². The molecule has 7 nitrogen and oxygen atoms in total. The summed E-state index contributed by atoms with van der Waals surface area (Å²) in [5.74, 6) is -1.45. The van der Waals surface area contributed by atoms with Crippen LogP contribution < -0.4 is 10.9 Å². The monoisotopic (exact) mass is 267 g/mol. The lowest BCUT2D eigenvalue weighted by atomic mass is 9.82. The van der Waals surface area contributed by atoms with E-state index in [2.05, 4.69) is 15.5 Å². The van der Waals surface area contributed by atoms with Crippen molar-refractivity contribution in [2.45, 2.75) is 26.7 Å². The van der Waals surface area contributed by atoms with E-state index in [1.54, 1.807) is 13.8 Å². The van der Waals surface area contributed by atoms with Gasteiger partial charge in [-0.25, -0.2) is 5.10 Å². The van der Waals surface area contributed by atoms with Crippen molar-refractivity contribution in [2.24, 2.45) is 5.41 Å². The molecule has 0 aliphatic carbocycles. The summed E-state index contributed by atoms with van der Waals surface area (Å²) in [5, 5.41) is 17.5. The Kier molecular flexibility index (Phi) is 4.80. The Balaban J connectivity index is 2.75. The first-order valence-corrected chi connectivity index (χ1v) is 6.02. The summed E-state index contributed by atoms with van der Waals surface area (Å²) in [7, 11) is 0. The minimum Gasteiger partial charge on any atom is -0.481 e. The minimum absolute atomic E-state index is 0.0228. The first-order chi connectivity index (χ1) is 8.95. The van der Waals surface area contributed by atoms with Gasteiger partial charge in [0.05, 0.1) is 5.41 Å². The lowest BCUT2D eigenvalue weighted by molar-refractivity contribution is -0.149. The SMILES string of the molecule is CCC(CC)(CNC(=O)c1ccc(=O)[nH]n1)C(=O)O. The van der Waals surface area contributed by atoms with Crippen LogP contribution in [0.3, 0.4) is 0 Å². The number of aromatic nitrogens is 2. The van der Waals surface area contributed by atoms with E-state index in [-0.39, 0.29) is 12.2 Å². The van der Waals surface area contributed by atoms with Gasteiger partial charge in [-0.2, -0.15) is 5.10 Å². The van der Waals surface area contributed by atoms with E-state index in [0.29, 0.717) is 12.8 Å². The molecule has 19 heavy (non-hydrogen) atoms. The summed E-state index contributed by atoms with van der Waals surface area (Å²) in [6.45, 7) is 3.55. The number of carbonyl (C=O) groups excluding carboxylic acids is 1. The molecule has 1 aromatic rings. The number of carboxylic acids is 1. The molecular weight excluding hydrogens is 250 g/mol. The third-order valence-corrected chi connectivity index (χ3v) is 3.31. The Morgan fingerprint density at radius 3 is 2.42 bits per heavy atom. The summed E-state index contributed by atoms with van der Waals surface area (Å²) >= 11 is 0. The van der Waals surface area contributed by atoms with Gasteiger partial charge < -0.3 is 10.4 Å². The number of carboxylic acid groups (broad SMARTS) is 1. The minimum atomic E-state index is -0.974. The summed E-state index contributed by atoms with van der Waals surface area (Å²) in [5.41, 5.74) is -1.33. The highest BCUT2D eigenvalue weighted by atomic mass is 16.4. The number of nitrogens with one attached hydrogen (secondary N) is 2. The number of nitrogens with zero attached hydrogens (tertiary/aromatic N) is 1. The Morgan fingerprint density at radius 1 is 1.37 bits per heavy atom. The number of carbonyl (C=O) groups is 2. The number of hydrogen-bond acceptors (Lipinski definition) is 4. The molecule has 0 saturated carbocycles. The van der Waals surface area contributed by atoms with Crippen molar-refractivity contribution < 1.29 is 14.7 Å². The second-order valence-electron chi connectivity index (χ2n) is 4.28. The fourth-order valence-corrected chi connectivity index (χ4v) is 1.69. The third-order valence-electron chi connectivity index (χ3n) is 3.31. The Hall–Kier alpha value is -2.18. The molecule has 104 valence electrons. The highest BCUT2D eigenvalue weighted by molar-refractivity contribution is 5.92. The summed E-state index contributed by atoms with van der Waals surface area (Å²) < 4.78 is 0. The van der Waals surface area contributed by atoms with Crippen LogP contribution in [0.1, 0.15) is 37.2 Å². The largest absolute Gasteiger partial charge is 0.481 e. The lowest BCUT2D eigenvalue weighted by Crippen LogP contribution is -2.42. The van der Waals surface area contributed by atoms with Crippen molar-refractivity contribution in [1.82, 2.24) is 15.5 Å². The molecule has 1 amide bonds. The molecule has 0 unspecified atom stereocenters. The molecule has 0 aliphatic heterocycles. The van der Waals surface area contributed by atoms with Gasteiger partial charge in [0.2, 0.25) is 0 Å². The fraction of sp³-hybridized carbons (Fsp3) is 0.500. The van der Waals surface area contributed by atoms with E-state index in [1.165, 1.54) is 12.1 Å². The Labute approximate surface area is 110 Å². The first-order valence-electron chi connectivity index (χ1n) is 6.02. The van der Waals surface area contributed by atoms with Crippen molar-refractivity contribution in [3.05, 3.63) is 28.2 Å². The molecule has 7 heteroatoms. The van der Waals surface area contributed by atoms with Crippen LogP contribution in [0.5, 0.6) is 0 Å². The highest BCUT2D eigenvalue weighted by Gasteiger charge is 2.35. The van der Waals surface area contributed by atoms with Gasteiger partial charge in [-0.1, -0.05) is 13.8 Å². The van der Waals surface area contributed by atoms with E-state index < -0.39 is 22.9 Å². The topological polar surface area (TPSA) is 112 Å². The van der Waals surface area contributed by atoms with E-state index in [0.717, 1.165) is 0 Å². The normalized spacial score (nSPS) is 11.1. The number of rotatable bonds is 6. The molecule has 1 heterocycles. The van der Waals surface area contributed by atoms with E-state index in [4.69, 9.17) is 0 Å². The number of aromatic amines is 1. The van der Waals surface area contributed by atoms with Gasteiger partial charge in [0, 0.05) is 12.6 Å². The molecular formula is C12H17N3O4. The van der Waals surface area contributed by atoms with Gasteiger partial charge in [-0.05, 0) is 18.9 Å². The Bertz CT molecular complexity index is 499. The summed E-state index contributed by atoms with van der Waals surface area (Å²) in [4.78, 5) is 33.8. The first kappa shape index (κ1) is 14.9. The number of amides is 1. The quantitative estimate of drug-likeness (QED) is 0.690. The van der Waals surface area contributed by atoms with E-state index in [9.17, 15) is 19.5 Å². The maximum atomic E-state index is 11.8. The number of H-pyrrole nitrogens is 1. The molecule has 0 aromatic carbocycles. The molecule has 0 bridgehead atoms. The van der Waals surface area contributed by atoms with Crippen LogP contribution in [-0.2, 0) is 4.79 Å². The molecule has 1 rings (SSSR count). The predicted molar refractivity (Wildman–Crippen MR) is 67.8 cm³/mol. The van der Waals surface area contributed by atoms with Crippen LogP contribution in [0.4, 0.5) is 0 Å². The van der Waals surface area contributed by atoms with Crippen LogP contribution in [-0.4, -0.2) is 33.7 Å². The second kappa shape index (κ2) is 6.12. The van der Waals surface area contributed by atoms with Gasteiger partial charge in [0.25, 0.3) is 11.5 Å². The molecule has 0 spiro atoms. The molecule has 0 fully saturated rings. The maximum absolute atomic E-state index is 11.8. The maximum Gasteiger partial charge on any atom is 0.311 e. The van der Waals surface area contributed by atoms with E-state index >= 15 is 0 Å². The van der Waals surface area contributed by atoms with E-state index in [1.807, 2.05) is 0 Å². The predicted octanol–water partition coefficient (Wildman–Crippen LogP) is 0.391. The fourth-order valence-electron chi connectivity index (χ4n) is 1.69. The van der Waals surface area contributed by atoms with Crippen molar-refractivity contribution in [2.75, 3.05) is 6.54 Å². The standard InChI is InChI=1S/C12H17N3O4/c1-3-12(4-2,11(18)19)7-13-10(17)8-5-6-9(16)15-14-8/h5-6H,3-4,7H2,1-2H3,(H,13,17)(H,15,16)(H,18,19). The average molecular weight is 267 g/mol. The van der Waals surface area contributed by atoms with Crippen molar-refractivity contribution in [3.63, 3.8) is 0 Å². The zero-order chi connectivity index (χ0) is 14.5. The van der Waals surface area contributed by atoms with Gasteiger partial charge in [0.15, 0.2) is 0 Å². The van der Waals surface area contributed by atoms with Crippen molar-refractivity contribution in [3.8, 4) is 0 Å². The van der Waals surface area contributed by atoms with Crippen LogP contribution in [0.25, 0.3) is 0 Å². The van der Waals surface area contributed by atoms with Crippen LogP contribution in [0, 0.1) is 5.41 Å². The third kappa shape index (κ3) is 3.40. The van der Waals surface area contributed by atoms with Gasteiger partial charge in [0.1, 0.15) is 5.69 Å². The van der Waals surface area contributed by atoms with Crippen molar-refractivity contribution in [1.29, 1.82) is 0 Å². The lowest BCUT2D eigenvalue weighted by Gasteiger charge is -2.26. The van der Waals surface area contributed by atoms with Crippen LogP contribution in [0.2, 0.25) is 0 Å². The highest BCUT2D eigenvalue weighted by Crippen LogP contribution is 2.25. The summed E-state index contributed by atoms with van der Waals surface area (Å²) in [6, 6.07) is 2.47. The van der Waals surface area contributed by atoms with Gasteiger partial charge >= 0.3 is 5.97 Å². The molecule has 0 atom stereocenters. The Morgan fingerprint density at radius 2 is 2.00 bits per heavy atom. The molecule has 1 aromatic heterocycles. The van der Waals surface area contributed by atoms with Crippen LogP contribution >= 0.6 is 0 Å². The smallest absolute Gasteiger partial charge is 0.311 e. The summed E-state index contributed by atoms with van der Waals surface area (Å²) in [6.07, 6.45) is 0.830. The van der Waals surface area contributed by atoms with Crippen LogP contribution in [0.15, 0.2) is 16.9 Å². The molecule has 0 aliphatic rings. The average Bonchev–Trinajstić information content (AvgIpc) is 2.40. The zero-order valence-corrected chi connectivity index (χ0v) is 10.9. The number of hydrogen-bond donors (Lipinski definition) is 3. The molecule has 3 N–H and O–H groups in total. The molecule has 0 saturated heterocycles. The van der Waals surface area contributed by atoms with Gasteiger partial charge in [-0.3, -0.25) is 14.4 Å². The number of aliphatic carboxylic acids is 1. The molecule has 0 radical (unpaired) electrons. The van der Waals surface area contributed by atoms with Crippen molar-refractivity contribution >= 4 is 11.9 Å². The second-order valence-corrected chi connectivity index (χ2v) is 4.28.